The van der Waals surface area contributed by atoms with Crippen LogP contribution in [0.1, 0.15) is 18.4 Å². The first-order valence-electron chi connectivity index (χ1n) is 7.43. The topological polar surface area (TPSA) is 29.1 Å². The first kappa shape index (κ1) is 17.1. The van der Waals surface area contributed by atoms with Gasteiger partial charge in [0, 0.05) is 22.3 Å². The molecule has 0 saturated carbocycles. The van der Waals surface area contributed by atoms with E-state index in [1.807, 2.05) is 42.1 Å². The average Bonchev–Trinajstić information content (AvgIpc) is 2.54. The second kappa shape index (κ2) is 9.70. The molecule has 0 spiro atoms. The number of benzene rings is 2. The van der Waals surface area contributed by atoms with Crippen LogP contribution in [-0.2, 0) is 11.2 Å². The van der Waals surface area contributed by atoms with Crippen LogP contribution in [0.2, 0.25) is 0 Å². The Kier molecular flexibility index (Phi) is 7.54. The summed E-state index contributed by atoms with van der Waals surface area (Å²) >= 11 is 5.27. The monoisotopic (exact) mass is 377 g/mol. The highest BCUT2D eigenvalue weighted by Crippen LogP contribution is 2.17. The van der Waals surface area contributed by atoms with Crippen molar-refractivity contribution >= 4 is 33.6 Å². The quantitative estimate of drug-likeness (QED) is 0.534. The van der Waals surface area contributed by atoms with Gasteiger partial charge in [0.05, 0.1) is 0 Å². The third kappa shape index (κ3) is 6.67. The van der Waals surface area contributed by atoms with E-state index in [-0.39, 0.29) is 5.91 Å². The zero-order valence-corrected chi connectivity index (χ0v) is 14.8. The van der Waals surface area contributed by atoms with Gasteiger partial charge in [-0.05, 0) is 48.4 Å². The highest BCUT2D eigenvalue weighted by Gasteiger charge is 2.02. The van der Waals surface area contributed by atoms with E-state index >= 15 is 0 Å². The van der Waals surface area contributed by atoms with Crippen molar-refractivity contribution in [3.8, 4) is 0 Å². The summed E-state index contributed by atoms with van der Waals surface area (Å²) in [6.07, 6.45) is 2.31. The average molecular weight is 378 g/mol. The number of hydrogen-bond donors (Lipinski definition) is 1. The van der Waals surface area contributed by atoms with Crippen molar-refractivity contribution in [2.75, 3.05) is 12.3 Å². The van der Waals surface area contributed by atoms with E-state index < -0.39 is 0 Å². The van der Waals surface area contributed by atoms with Gasteiger partial charge in [0.2, 0.25) is 5.91 Å². The molecular weight excluding hydrogens is 358 g/mol. The molecule has 2 nitrogen and oxygen atoms in total. The molecule has 2 rings (SSSR count). The molecule has 0 fully saturated rings. The van der Waals surface area contributed by atoms with Crippen molar-refractivity contribution in [1.82, 2.24) is 5.32 Å². The molecule has 1 N–H and O–H groups in total. The molecule has 22 heavy (non-hydrogen) atoms. The molecule has 0 unspecified atom stereocenters. The summed E-state index contributed by atoms with van der Waals surface area (Å²) in [5.74, 6) is 1.15. The first-order chi connectivity index (χ1) is 10.7. The SMILES string of the molecule is O=C(CCc1cccc(Br)c1)NCCCSc1ccccc1. The number of carbonyl (C=O) groups is 1. The van der Waals surface area contributed by atoms with Crippen LogP contribution in [0.3, 0.4) is 0 Å². The Labute approximate surface area is 144 Å². The number of amides is 1. The third-order valence-electron chi connectivity index (χ3n) is 3.18. The van der Waals surface area contributed by atoms with Crippen molar-refractivity contribution in [3.05, 3.63) is 64.6 Å². The van der Waals surface area contributed by atoms with E-state index in [9.17, 15) is 4.79 Å². The number of halogens is 1. The van der Waals surface area contributed by atoms with Crippen molar-refractivity contribution in [2.24, 2.45) is 0 Å². The van der Waals surface area contributed by atoms with Crippen molar-refractivity contribution in [2.45, 2.75) is 24.2 Å². The summed E-state index contributed by atoms with van der Waals surface area (Å²) < 4.78 is 1.06. The Bertz CT molecular complexity index is 589. The minimum Gasteiger partial charge on any atom is -0.356 e. The summed E-state index contributed by atoms with van der Waals surface area (Å²) in [7, 11) is 0. The Morgan fingerprint density at radius 2 is 1.91 bits per heavy atom. The molecule has 2 aromatic carbocycles. The summed E-state index contributed by atoms with van der Waals surface area (Å²) in [5.41, 5.74) is 1.18. The van der Waals surface area contributed by atoms with Crippen LogP contribution in [0, 0.1) is 0 Å². The Morgan fingerprint density at radius 1 is 1.09 bits per heavy atom. The predicted molar refractivity (Wildman–Crippen MR) is 97.3 cm³/mol. The second-order valence-corrected chi connectivity index (χ2v) is 7.08. The lowest BCUT2D eigenvalue weighted by atomic mass is 10.1. The lowest BCUT2D eigenvalue weighted by Crippen LogP contribution is -2.24. The number of thioether (sulfide) groups is 1. The van der Waals surface area contributed by atoms with Crippen molar-refractivity contribution in [1.29, 1.82) is 0 Å². The Hall–Kier alpha value is -1.26. The third-order valence-corrected chi connectivity index (χ3v) is 4.78. The lowest BCUT2D eigenvalue weighted by molar-refractivity contribution is -0.121. The largest absolute Gasteiger partial charge is 0.356 e. The van der Waals surface area contributed by atoms with Crippen LogP contribution in [-0.4, -0.2) is 18.2 Å². The fraction of sp³-hybridized carbons (Fsp3) is 0.278. The zero-order valence-electron chi connectivity index (χ0n) is 12.4. The molecular formula is C18H20BrNOS. The Morgan fingerprint density at radius 3 is 2.68 bits per heavy atom. The Balaban J connectivity index is 1.56. The van der Waals surface area contributed by atoms with E-state index in [0.29, 0.717) is 6.42 Å². The predicted octanol–water partition coefficient (Wildman–Crippen LogP) is 4.68. The first-order valence-corrected chi connectivity index (χ1v) is 9.21. The molecule has 0 heterocycles. The fourth-order valence-electron chi connectivity index (χ4n) is 2.05. The van der Waals surface area contributed by atoms with Crippen molar-refractivity contribution < 1.29 is 4.79 Å². The summed E-state index contributed by atoms with van der Waals surface area (Å²) in [6, 6.07) is 18.4. The number of carbonyl (C=O) groups excluding carboxylic acids is 1. The molecule has 0 aromatic heterocycles. The smallest absolute Gasteiger partial charge is 0.220 e. The maximum atomic E-state index is 11.8. The van der Waals surface area contributed by atoms with E-state index in [1.54, 1.807) is 0 Å². The van der Waals surface area contributed by atoms with Crippen molar-refractivity contribution in [3.63, 3.8) is 0 Å². The molecule has 2 aromatic rings. The van der Waals surface area contributed by atoms with Crippen LogP contribution in [0.15, 0.2) is 64.0 Å². The molecule has 0 aliphatic heterocycles. The molecule has 0 bridgehead atoms. The lowest BCUT2D eigenvalue weighted by Gasteiger charge is -2.06. The van der Waals surface area contributed by atoms with Crippen LogP contribution in [0.4, 0.5) is 0 Å². The highest BCUT2D eigenvalue weighted by atomic mass is 79.9. The van der Waals surface area contributed by atoms with Crippen LogP contribution < -0.4 is 5.32 Å². The van der Waals surface area contributed by atoms with Gasteiger partial charge in [0.25, 0.3) is 0 Å². The standard InChI is InChI=1S/C18H20BrNOS/c19-16-7-4-6-15(14-16)10-11-18(21)20-12-5-13-22-17-8-2-1-3-9-17/h1-4,6-9,14H,5,10-13H2,(H,20,21). The van der Waals surface area contributed by atoms with Crippen LogP contribution >= 0.6 is 27.7 Å². The molecule has 0 saturated heterocycles. The van der Waals surface area contributed by atoms with E-state index in [4.69, 9.17) is 0 Å². The number of nitrogens with one attached hydrogen (secondary N) is 1. The van der Waals surface area contributed by atoms with Gasteiger partial charge in [-0.3, -0.25) is 4.79 Å². The van der Waals surface area contributed by atoms with E-state index in [2.05, 4.69) is 45.5 Å². The van der Waals surface area contributed by atoms with Gasteiger partial charge in [0.1, 0.15) is 0 Å². The van der Waals surface area contributed by atoms with E-state index in [0.717, 1.165) is 29.6 Å². The summed E-state index contributed by atoms with van der Waals surface area (Å²) in [4.78, 5) is 13.1. The molecule has 0 aliphatic rings. The highest BCUT2D eigenvalue weighted by molar-refractivity contribution is 9.10. The summed E-state index contributed by atoms with van der Waals surface area (Å²) in [5, 5.41) is 2.99. The van der Waals surface area contributed by atoms with Gasteiger partial charge in [-0.2, -0.15) is 0 Å². The van der Waals surface area contributed by atoms with Crippen LogP contribution in [0.5, 0.6) is 0 Å². The molecule has 0 radical (unpaired) electrons. The van der Waals surface area contributed by atoms with Gasteiger partial charge >= 0.3 is 0 Å². The molecule has 4 heteroatoms. The normalized spacial score (nSPS) is 10.4. The fourth-order valence-corrected chi connectivity index (χ4v) is 3.37. The van der Waals surface area contributed by atoms with Gasteiger partial charge in [-0.25, -0.2) is 0 Å². The number of rotatable bonds is 8. The minimum absolute atomic E-state index is 0.129. The molecule has 116 valence electrons. The molecule has 1 amide bonds. The minimum atomic E-state index is 0.129. The van der Waals surface area contributed by atoms with Gasteiger partial charge in [-0.15, -0.1) is 11.8 Å². The van der Waals surface area contributed by atoms with Crippen LogP contribution in [0.25, 0.3) is 0 Å². The molecule has 0 aliphatic carbocycles. The number of aryl methyl sites for hydroxylation is 1. The summed E-state index contributed by atoms with van der Waals surface area (Å²) in [6.45, 7) is 0.747. The van der Waals surface area contributed by atoms with E-state index in [1.165, 1.54) is 10.5 Å². The maximum absolute atomic E-state index is 11.8. The second-order valence-electron chi connectivity index (χ2n) is 4.99. The van der Waals surface area contributed by atoms with Gasteiger partial charge in [-0.1, -0.05) is 46.3 Å². The maximum Gasteiger partial charge on any atom is 0.220 e. The van der Waals surface area contributed by atoms with Gasteiger partial charge in [0.15, 0.2) is 0 Å². The molecule has 0 atom stereocenters. The zero-order chi connectivity index (χ0) is 15.6. The van der Waals surface area contributed by atoms with Gasteiger partial charge < -0.3 is 5.32 Å². The number of hydrogen-bond acceptors (Lipinski definition) is 2.